The Bertz CT molecular complexity index is 648. The van der Waals surface area contributed by atoms with Gasteiger partial charge in [-0.25, -0.2) is 4.98 Å². The van der Waals surface area contributed by atoms with E-state index in [0.29, 0.717) is 0 Å². The summed E-state index contributed by atoms with van der Waals surface area (Å²) < 4.78 is 38.4. The summed E-state index contributed by atoms with van der Waals surface area (Å²) in [4.78, 5) is 15.4. The molecule has 0 atom stereocenters. The first-order valence-corrected chi connectivity index (χ1v) is 4.94. The second-order valence-corrected chi connectivity index (χ2v) is 3.83. The Labute approximate surface area is 98.5 Å². The van der Waals surface area contributed by atoms with Crippen LogP contribution in [-0.4, -0.2) is 9.38 Å². The highest BCUT2D eigenvalue weighted by Crippen LogP contribution is 2.29. The van der Waals surface area contributed by atoms with E-state index >= 15 is 0 Å². The van der Waals surface area contributed by atoms with Crippen LogP contribution in [0.3, 0.4) is 0 Å². The Kier molecular flexibility index (Phi) is 2.61. The molecule has 2 aromatic heterocycles. The van der Waals surface area contributed by atoms with Crippen LogP contribution >= 0.6 is 11.6 Å². The van der Waals surface area contributed by atoms with Crippen molar-refractivity contribution >= 4 is 17.2 Å². The second-order valence-electron chi connectivity index (χ2n) is 3.47. The summed E-state index contributed by atoms with van der Waals surface area (Å²) in [6.45, 7) is 1.46. The molecule has 0 bridgehead atoms. The zero-order valence-electron chi connectivity index (χ0n) is 8.55. The van der Waals surface area contributed by atoms with Crippen molar-refractivity contribution in [2.75, 3.05) is 0 Å². The average Bonchev–Trinajstić information content (AvgIpc) is 2.24. The van der Waals surface area contributed by atoms with E-state index in [1.54, 1.807) is 0 Å². The van der Waals surface area contributed by atoms with Crippen LogP contribution < -0.4 is 5.56 Å². The Morgan fingerprint density at radius 2 is 2.06 bits per heavy atom. The molecule has 0 N–H and O–H groups in total. The number of nitrogens with zero attached hydrogens (tertiary/aromatic N) is 2. The van der Waals surface area contributed by atoms with Crippen molar-refractivity contribution in [1.29, 1.82) is 0 Å². The predicted octanol–water partition coefficient (Wildman–Crippen LogP) is 2.68. The van der Waals surface area contributed by atoms with Crippen molar-refractivity contribution < 1.29 is 13.2 Å². The average molecular weight is 263 g/mol. The number of aromatic nitrogens is 2. The fraction of sp³-hybridized carbons (Fsp3) is 0.200. The van der Waals surface area contributed by atoms with Gasteiger partial charge >= 0.3 is 6.18 Å². The quantitative estimate of drug-likeness (QED) is 0.684. The molecule has 0 fully saturated rings. The van der Waals surface area contributed by atoms with Crippen molar-refractivity contribution in [3.63, 3.8) is 0 Å². The summed E-state index contributed by atoms with van der Waals surface area (Å²) in [5.41, 5.74) is -1.28. The predicted molar refractivity (Wildman–Crippen MR) is 56.2 cm³/mol. The third-order valence-corrected chi connectivity index (χ3v) is 2.69. The first kappa shape index (κ1) is 11.9. The molecule has 2 aromatic rings. The molecular weight excluding hydrogens is 257 g/mol. The van der Waals surface area contributed by atoms with Gasteiger partial charge in [-0.05, 0) is 19.1 Å². The monoisotopic (exact) mass is 262 g/mol. The SMILES string of the molecule is Cc1c(Cl)nc2cc(C(F)(F)F)ccn2c1=O. The number of pyridine rings is 1. The van der Waals surface area contributed by atoms with Crippen LogP contribution in [0.4, 0.5) is 13.2 Å². The van der Waals surface area contributed by atoms with Crippen LogP contribution in [0, 0.1) is 6.92 Å². The lowest BCUT2D eigenvalue weighted by molar-refractivity contribution is -0.137. The summed E-state index contributed by atoms with van der Waals surface area (Å²) in [7, 11) is 0. The maximum Gasteiger partial charge on any atom is 0.416 e. The molecule has 0 aliphatic rings. The molecule has 90 valence electrons. The third kappa shape index (κ3) is 2.00. The van der Waals surface area contributed by atoms with Crippen LogP contribution in [-0.2, 0) is 6.18 Å². The van der Waals surface area contributed by atoms with Gasteiger partial charge in [0.2, 0.25) is 0 Å². The minimum absolute atomic E-state index is 0.0886. The fourth-order valence-corrected chi connectivity index (χ4v) is 1.54. The van der Waals surface area contributed by atoms with Gasteiger partial charge in [0.15, 0.2) is 0 Å². The molecular formula is C10H6ClF3N2O. The smallest absolute Gasteiger partial charge is 0.269 e. The second kappa shape index (κ2) is 3.73. The van der Waals surface area contributed by atoms with Crippen LogP contribution in [0.5, 0.6) is 0 Å². The van der Waals surface area contributed by atoms with Gasteiger partial charge in [-0.15, -0.1) is 0 Å². The molecule has 0 aromatic carbocycles. The van der Waals surface area contributed by atoms with E-state index in [-0.39, 0.29) is 16.4 Å². The summed E-state index contributed by atoms with van der Waals surface area (Å²) in [6.07, 6.45) is -3.44. The van der Waals surface area contributed by atoms with Crippen molar-refractivity contribution in [3.05, 3.63) is 45.0 Å². The Balaban J connectivity index is 2.81. The highest BCUT2D eigenvalue weighted by atomic mass is 35.5. The maximum absolute atomic E-state index is 12.4. The van der Waals surface area contributed by atoms with Gasteiger partial charge in [0, 0.05) is 6.20 Å². The first-order chi connectivity index (χ1) is 7.80. The van der Waals surface area contributed by atoms with Crippen LogP contribution in [0.1, 0.15) is 11.1 Å². The molecule has 0 unspecified atom stereocenters. The van der Waals surface area contributed by atoms with Crippen LogP contribution in [0.15, 0.2) is 23.1 Å². The molecule has 2 heterocycles. The van der Waals surface area contributed by atoms with Crippen molar-refractivity contribution in [2.45, 2.75) is 13.1 Å². The van der Waals surface area contributed by atoms with Crippen molar-refractivity contribution in [3.8, 4) is 0 Å². The molecule has 0 radical (unpaired) electrons. The number of fused-ring (bicyclic) bond motifs is 1. The van der Waals surface area contributed by atoms with E-state index in [0.717, 1.165) is 22.7 Å². The summed E-state index contributed by atoms with van der Waals surface area (Å²) in [5.74, 6) is 0. The topological polar surface area (TPSA) is 34.4 Å². The van der Waals surface area contributed by atoms with Gasteiger partial charge in [0.05, 0.1) is 11.1 Å². The van der Waals surface area contributed by atoms with Crippen molar-refractivity contribution in [2.24, 2.45) is 0 Å². The largest absolute Gasteiger partial charge is 0.416 e. The minimum Gasteiger partial charge on any atom is -0.269 e. The van der Waals surface area contributed by atoms with E-state index in [2.05, 4.69) is 4.98 Å². The number of rotatable bonds is 0. The molecule has 0 aliphatic heterocycles. The number of hydrogen-bond acceptors (Lipinski definition) is 2. The van der Waals surface area contributed by atoms with Gasteiger partial charge in [0.25, 0.3) is 5.56 Å². The fourth-order valence-electron chi connectivity index (χ4n) is 1.38. The number of alkyl halides is 3. The van der Waals surface area contributed by atoms with E-state index in [1.807, 2.05) is 0 Å². The molecule has 0 saturated carbocycles. The summed E-state index contributed by atoms with van der Waals surface area (Å²) >= 11 is 5.65. The molecule has 2 rings (SSSR count). The van der Waals surface area contributed by atoms with E-state index in [4.69, 9.17) is 11.6 Å². The Morgan fingerprint density at radius 1 is 1.41 bits per heavy atom. The van der Waals surface area contributed by atoms with Crippen LogP contribution in [0.25, 0.3) is 5.65 Å². The zero-order chi connectivity index (χ0) is 12.8. The zero-order valence-corrected chi connectivity index (χ0v) is 9.30. The highest BCUT2D eigenvalue weighted by molar-refractivity contribution is 6.30. The minimum atomic E-state index is -4.48. The molecule has 17 heavy (non-hydrogen) atoms. The van der Waals surface area contributed by atoms with Gasteiger partial charge in [0.1, 0.15) is 10.8 Å². The lowest BCUT2D eigenvalue weighted by Gasteiger charge is -2.08. The van der Waals surface area contributed by atoms with Gasteiger partial charge < -0.3 is 0 Å². The van der Waals surface area contributed by atoms with Crippen molar-refractivity contribution in [1.82, 2.24) is 9.38 Å². The first-order valence-electron chi connectivity index (χ1n) is 4.56. The maximum atomic E-state index is 12.4. The summed E-state index contributed by atoms with van der Waals surface area (Å²) in [6, 6.07) is 1.61. The number of halogens is 4. The third-order valence-electron chi connectivity index (χ3n) is 2.32. The molecule has 0 spiro atoms. The molecule has 0 amide bonds. The van der Waals surface area contributed by atoms with Gasteiger partial charge in [-0.1, -0.05) is 11.6 Å². The van der Waals surface area contributed by atoms with Crippen LogP contribution in [0.2, 0.25) is 5.15 Å². The van der Waals surface area contributed by atoms with E-state index < -0.39 is 17.3 Å². The number of hydrogen-bond donors (Lipinski definition) is 0. The molecule has 3 nitrogen and oxygen atoms in total. The lowest BCUT2D eigenvalue weighted by Crippen LogP contribution is -2.19. The Hall–Kier alpha value is -1.56. The van der Waals surface area contributed by atoms with Gasteiger partial charge in [-0.3, -0.25) is 9.20 Å². The Morgan fingerprint density at radius 3 is 2.65 bits per heavy atom. The highest BCUT2D eigenvalue weighted by Gasteiger charge is 2.30. The standard InChI is InChI=1S/C10H6ClF3N2O/c1-5-8(11)15-7-4-6(10(12,13)14)2-3-16(7)9(5)17/h2-4H,1H3. The summed E-state index contributed by atoms with van der Waals surface area (Å²) in [5, 5.41) is -0.0886. The molecule has 0 aliphatic carbocycles. The van der Waals surface area contributed by atoms with E-state index in [9.17, 15) is 18.0 Å². The lowest BCUT2D eigenvalue weighted by atomic mass is 10.2. The van der Waals surface area contributed by atoms with E-state index in [1.165, 1.54) is 6.92 Å². The van der Waals surface area contributed by atoms with Gasteiger partial charge in [-0.2, -0.15) is 13.2 Å². The molecule has 7 heteroatoms. The normalized spacial score (nSPS) is 12.1. The molecule has 0 saturated heterocycles.